The molecule has 1 heterocycles. The molecule has 0 atom stereocenters. The number of benzene rings is 2. The van der Waals surface area contributed by atoms with E-state index >= 15 is 0 Å². The highest BCUT2D eigenvalue weighted by Crippen LogP contribution is 2.24. The quantitative estimate of drug-likeness (QED) is 0.706. The lowest BCUT2D eigenvalue weighted by Crippen LogP contribution is -2.32. The van der Waals surface area contributed by atoms with Gasteiger partial charge in [0, 0.05) is 24.3 Å². The van der Waals surface area contributed by atoms with Crippen molar-refractivity contribution in [1.29, 1.82) is 0 Å². The third-order valence-corrected chi connectivity index (χ3v) is 7.46. The van der Waals surface area contributed by atoms with E-state index in [2.05, 4.69) is 5.32 Å². The van der Waals surface area contributed by atoms with Gasteiger partial charge >= 0.3 is 5.97 Å². The number of amides is 1. The van der Waals surface area contributed by atoms with E-state index in [0.29, 0.717) is 29.9 Å². The Labute approximate surface area is 183 Å². The number of nitrogens with one attached hydrogen (secondary N) is 1. The van der Waals surface area contributed by atoms with Crippen LogP contribution in [0.15, 0.2) is 41.3 Å². The SMILES string of the molecule is COC(=O)c1ccc(C)c(NC(=O)c2cc(S(=O)(=O)N3CCCCCC3)ccc2C)c1. The molecule has 1 aliphatic rings. The first kappa shape index (κ1) is 23.0. The van der Waals surface area contributed by atoms with Crippen molar-refractivity contribution in [3.05, 3.63) is 58.7 Å². The fourth-order valence-electron chi connectivity index (χ4n) is 3.63. The zero-order valence-electron chi connectivity index (χ0n) is 18.1. The number of hydrogen-bond acceptors (Lipinski definition) is 5. The minimum Gasteiger partial charge on any atom is -0.465 e. The van der Waals surface area contributed by atoms with Crippen LogP contribution in [0.25, 0.3) is 0 Å². The minimum absolute atomic E-state index is 0.116. The lowest BCUT2D eigenvalue weighted by atomic mass is 10.1. The highest BCUT2D eigenvalue weighted by atomic mass is 32.2. The Morgan fingerprint density at radius 2 is 1.58 bits per heavy atom. The fourth-order valence-corrected chi connectivity index (χ4v) is 5.17. The van der Waals surface area contributed by atoms with Crippen LogP contribution in [0.3, 0.4) is 0 Å². The number of carbonyl (C=O) groups excluding carboxylic acids is 2. The summed E-state index contributed by atoms with van der Waals surface area (Å²) in [6.45, 7) is 4.56. The molecule has 2 aromatic carbocycles. The monoisotopic (exact) mass is 444 g/mol. The van der Waals surface area contributed by atoms with Gasteiger partial charge in [-0.25, -0.2) is 13.2 Å². The summed E-state index contributed by atoms with van der Waals surface area (Å²) in [6.07, 6.45) is 3.73. The molecule has 2 aromatic rings. The highest BCUT2D eigenvalue weighted by Gasteiger charge is 2.26. The van der Waals surface area contributed by atoms with E-state index in [4.69, 9.17) is 4.74 Å². The Kier molecular flexibility index (Phi) is 7.12. The number of aryl methyl sites for hydroxylation is 2. The van der Waals surface area contributed by atoms with Crippen LogP contribution in [-0.4, -0.2) is 44.8 Å². The first-order chi connectivity index (χ1) is 14.7. The van der Waals surface area contributed by atoms with Gasteiger partial charge in [-0.1, -0.05) is 25.0 Å². The van der Waals surface area contributed by atoms with Crippen LogP contribution in [0.5, 0.6) is 0 Å². The van der Waals surface area contributed by atoms with Crippen molar-refractivity contribution in [3.8, 4) is 0 Å². The van der Waals surface area contributed by atoms with Gasteiger partial charge in [-0.15, -0.1) is 0 Å². The molecule has 7 nitrogen and oxygen atoms in total. The molecule has 0 bridgehead atoms. The number of anilines is 1. The summed E-state index contributed by atoms with van der Waals surface area (Å²) in [5.74, 6) is -0.937. The van der Waals surface area contributed by atoms with Gasteiger partial charge in [-0.3, -0.25) is 4.79 Å². The van der Waals surface area contributed by atoms with E-state index in [1.807, 2.05) is 6.92 Å². The number of esters is 1. The second-order valence-electron chi connectivity index (χ2n) is 7.77. The highest BCUT2D eigenvalue weighted by molar-refractivity contribution is 7.89. The molecule has 1 fully saturated rings. The van der Waals surface area contributed by atoms with Crippen molar-refractivity contribution in [3.63, 3.8) is 0 Å². The van der Waals surface area contributed by atoms with Gasteiger partial charge in [0.05, 0.1) is 17.6 Å². The Balaban J connectivity index is 1.90. The van der Waals surface area contributed by atoms with E-state index in [0.717, 1.165) is 31.2 Å². The number of carbonyl (C=O) groups is 2. The number of methoxy groups -OCH3 is 1. The van der Waals surface area contributed by atoms with Crippen LogP contribution in [-0.2, 0) is 14.8 Å². The standard InChI is InChI=1S/C23H28N2O5S/c1-16-9-11-19(31(28,29)25-12-6-4-5-7-13-25)15-20(16)22(26)24-21-14-18(23(27)30-3)10-8-17(21)2/h8-11,14-15H,4-7,12-13H2,1-3H3,(H,24,26). The van der Waals surface area contributed by atoms with Crippen molar-refractivity contribution >= 4 is 27.6 Å². The average molecular weight is 445 g/mol. The second kappa shape index (κ2) is 9.62. The Morgan fingerprint density at radius 1 is 0.935 bits per heavy atom. The third kappa shape index (κ3) is 5.14. The van der Waals surface area contributed by atoms with Crippen LogP contribution in [0, 0.1) is 13.8 Å². The first-order valence-corrected chi connectivity index (χ1v) is 11.8. The molecule has 1 N–H and O–H groups in total. The van der Waals surface area contributed by atoms with Crippen LogP contribution in [0.2, 0.25) is 0 Å². The number of hydrogen-bond donors (Lipinski definition) is 1. The van der Waals surface area contributed by atoms with E-state index < -0.39 is 21.9 Å². The average Bonchev–Trinajstić information content (AvgIpc) is 3.05. The molecular weight excluding hydrogens is 416 g/mol. The summed E-state index contributed by atoms with van der Waals surface area (Å²) in [4.78, 5) is 24.9. The van der Waals surface area contributed by atoms with E-state index in [1.54, 1.807) is 37.3 Å². The van der Waals surface area contributed by atoms with Gasteiger partial charge in [-0.05, 0) is 62.1 Å². The second-order valence-corrected chi connectivity index (χ2v) is 9.71. The predicted molar refractivity (Wildman–Crippen MR) is 119 cm³/mol. The van der Waals surface area contributed by atoms with Gasteiger partial charge in [0.2, 0.25) is 10.0 Å². The van der Waals surface area contributed by atoms with Gasteiger partial charge in [0.25, 0.3) is 5.91 Å². The van der Waals surface area contributed by atoms with Crippen LogP contribution >= 0.6 is 0 Å². The Hall–Kier alpha value is -2.71. The molecular formula is C23H28N2O5S. The smallest absolute Gasteiger partial charge is 0.337 e. The van der Waals surface area contributed by atoms with Crippen molar-refractivity contribution in [2.45, 2.75) is 44.4 Å². The normalized spacial score (nSPS) is 15.2. The number of nitrogens with zero attached hydrogens (tertiary/aromatic N) is 1. The van der Waals surface area contributed by atoms with Gasteiger partial charge in [-0.2, -0.15) is 4.31 Å². The molecule has 8 heteroatoms. The van der Waals surface area contributed by atoms with E-state index in [1.165, 1.54) is 17.5 Å². The number of rotatable bonds is 5. The summed E-state index contributed by atoms with van der Waals surface area (Å²) in [7, 11) is -2.38. The largest absolute Gasteiger partial charge is 0.465 e. The summed E-state index contributed by atoms with van der Waals surface area (Å²) >= 11 is 0. The molecule has 1 aliphatic heterocycles. The molecule has 0 spiro atoms. The lowest BCUT2D eigenvalue weighted by Gasteiger charge is -2.20. The number of ether oxygens (including phenoxy) is 1. The van der Waals surface area contributed by atoms with Gasteiger partial charge < -0.3 is 10.1 Å². The van der Waals surface area contributed by atoms with E-state index in [-0.39, 0.29) is 10.5 Å². The zero-order valence-corrected chi connectivity index (χ0v) is 18.9. The Bertz CT molecular complexity index is 1090. The molecule has 31 heavy (non-hydrogen) atoms. The molecule has 1 saturated heterocycles. The molecule has 0 saturated carbocycles. The fraction of sp³-hybridized carbons (Fsp3) is 0.391. The molecule has 3 rings (SSSR count). The minimum atomic E-state index is -3.67. The maximum Gasteiger partial charge on any atom is 0.337 e. The van der Waals surface area contributed by atoms with Gasteiger partial charge in [0.1, 0.15) is 0 Å². The predicted octanol–water partition coefficient (Wildman–Crippen LogP) is 3.91. The molecule has 1 amide bonds. The summed E-state index contributed by atoms with van der Waals surface area (Å²) in [5.41, 5.74) is 2.49. The molecule has 0 radical (unpaired) electrons. The van der Waals surface area contributed by atoms with Crippen LogP contribution < -0.4 is 5.32 Å². The zero-order chi connectivity index (χ0) is 22.6. The van der Waals surface area contributed by atoms with Crippen LogP contribution in [0.1, 0.15) is 57.5 Å². The van der Waals surface area contributed by atoms with Crippen molar-refractivity contribution < 1.29 is 22.7 Å². The van der Waals surface area contributed by atoms with Crippen molar-refractivity contribution in [1.82, 2.24) is 4.31 Å². The molecule has 0 aromatic heterocycles. The molecule has 0 unspecified atom stereocenters. The van der Waals surface area contributed by atoms with Crippen molar-refractivity contribution in [2.24, 2.45) is 0 Å². The topological polar surface area (TPSA) is 92.8 Å². The molecule has 0 aliphatic carbocycles. The maximum atomic E-state index is 13.1. The lowest BCUT2D eigenvalue weighted by molar-refractivity contribution is 0.0600. The maximum absolute atomic E-state index is 13.1. The van der Waals surface area contributed by atoms with Crippen LogP contribution in [0.4, 0.5) is 5.69 Å². The van der Waals surface area contributed by atoms with Crippen molar-refractivity contribution in [2.75, 3.05) is 25.5 Å². The first-order valence-electron chi connectivity index (χ1n) is 10.3. The Morgan fingerprint density at radius 3 is 2.23 bits per heavy atom. The number of sulfonamides is 1. The van der Waals surface area contributed by atoms with E-state index in [9.17, 15) is 18.0 Å². The summed E-state index contributed by atoms with van der Waals surface area (Å²) in [5, 5.41) is 2.80. The summed E-state index contributed by atoms with van der Waals surface area (Å²) < 4.78 is 32.5. The molecule has 166 valence electrons. The third-order valence-electron chi connectivity index (χ3n) is 5.56. The summed E-state index contributed by atoms with van der Waals surface area (Å²) in [6, 6.07) is 9.52. The van der Waals surface area contributed by atoms with Gasteiger partial charge in [0.15, 0.2) is 0 Å².